The number of nitrogens with two attached hydrogens (primary N) is 1. The zero-order valence-corrected chi connectivity index (χ0v) is 14.4. The van der Waals surface area contributed by atoms with Gasteiger partial charge >= 0.3 is 0 Å². The lowest BCUT2D eigenvalue weighted by molar-refractivity contribution is 0.597. The van der Waals surface area contributed by atoms with Crippen LogP contribution in [0.15, 0.2) is 45.8 Å². The largest absolute Gasteiger partial charge is 0.381 e. The number of hydrogen-bond acceptors (Lipinski definition) is 3. The highest BCUT2D eigenvalue weighted by atomic mass is 79.9. The summed E-state index contributed by atoms with van der Waals surface area (Å²) in [5.41, 5.74) is 2.22. The van der Waals surface area contributed by atoms with Crippen LogP contribution in [0.4, 0.5) is 5.69 Å². The molecule has 0 amide bonds. The number of benzene rings is 2. The number of nitrogens with one attached hydrogen (secondary N) is 1. The van der Waals surface area contributed by atoms with Gasteiger partial charge in [-0.2, -0.15) is 0 Å². The maximum atomic E-state index is 11.5. The Balaban J connectivity index is 2.25. The van der Waals surface area contributed by atoms with Crippen molar-refractivity contribution in [2.45, 2.75) is 18.4 Å². The molecule has 3 N–H and O–H groups in total. The van der Waals surface area contributed by atoms with Crippen LogP contribution in [0.2, 0.25) is 5.02 Å². The molecule has 0 spiro atoms. The first-order valence-corrected chi connectivity index (χ1v) is 8.81. The topological polar surface area (TPSA) is 72.2 Å². The molecule has 0 unspecified atom stereocenters. The summed E-state index contributed by atoms with van der Waals surface area (Å²) in [6, 6.07) is 10.6. The lowest BCUT2D eigenvalue weighted by Gasteiger charge is -2.13. The van der Waals surface area contributed by atoms with Crippen molar-refractivity contribution < 1.29 is 8.42 Å². The van der Waals surface area contributed by atoms with Gasteiger partial charge in [0.05, 0.1) is 4.90 Å². The van der Waals surface area contributed by atoms with E-state index in [-0.39, 0.29) is 4.90 Å². The molecule has 0 aliphatic carbocycles. The fourth-order valence-corrected chi connectivity index (χ4v) is 3.51. The summed E-state index contributed by atoms with van der Waals surface area (Å²) in [5.74, 6) is 0. The average molecular weight is 390 g/mol. The van der Waals surface area contributed by atoms with Gasteiger partial charge in [0.1, 0.15) is 0 Å². The van der Waals surface area contributed by atoms with E-state index in [0.29, 0.717) is 22.8 Å². The summed E-state index contributed by atoms with van der Waals surface area (Å²) in [6.45, 7) is 2.20. The quantitative estimate of drug-likeness (QED) is 0.838. The Morgan fingerprint density at radius 1 is 1.29 bits per heavy atom. The molecule has 4 nitrogen and oxygen atoms in total. The summed E-state index contributed by atoms with van der Waals surface area (Å²) < 4.78 is 23.9. The Bertz CT molecular complexity index is 779. The third-order valence-electron chi connectivity index (χ3n) is 3.08. The van der Waals surface area contributed by atoms with Crippen molar-refractivity contribution in [1.82, 2.24) is 0 Å². The standard InChI is InChI=1S/C14H14BrClN2O2S/c1-9-13(3-2-4-14(9)21(17,19)20)18-8-10-5-6-11(15)7-12(10)16/h2-7,18H,8H2,1H3,(H2,17,19,20). The minimum Gasteiger partial charge on any atom is -0.381 e. The zero-order valence-electron chi connectivity index (χ0n) is 11.2. The van der Waals surface area contributed by atoms with Crippen LogP contribution in [-0.2, 0) is 16.6 Å². The van der Waals surface area contributed by atoms with E-state index in [1.165, 1.54) is 6.07 Å². The van der Waals surface area contributed by atoms with Gasteiger partial charge < -0.3 is 5.32 Å². The van der Waals surface area contributed by atoms with Crippen molar-refractivity contribution in [2.24, 2.45) is 5.14 Å². The third kappa shape index (κ3) is 3.97. The molecule has 0 heterocycles. The number of rotatable bonds is 4. The molecule has 0 saturated heterocycles. The Labute approximate surface area is 137 Å². The number of halogens is 2. The summed E-state index contributed by atoms with van der Waals surface area (Å²) in [5, 5.41) is 9.01. The van der Waals surface area contributed by atoms with Crippen LogP contribution in [0, 0.1) is 6.92 Å². The van der Waals surface area contributed by atoms with E-state index in [9.17, 15) is 8.42 Å². The molecule has 0 aromatic heterocycles. The number of hydrogen-bond donors (Lipinski definition) is 2. The summed E-state index contributed by atoms with van der Waals surface area (Å²) in [6.07, 6.45) is 0. The Morgan fingerprint density at radius 2 is 2.00 bits per heavy atom. The molecule has 0 radical (unpaired) electrons. The third-order valence-corrected chi connectivity index (χ3v) is 4.98. The SMILES string of the molecule is Cc1c(NCc2ccc(Br)cc2Cl)cccc1S(N)(=O)=O. The lowest BCUT2D eigenvalue weighted by Crippen LogP contribution is -2.14. The molecule has 0 aliphatic rings. The first-order chi connectivity index (χ1) is 9.79. The van der Waals surface area contributed by atoms with Gasteiger partial charge in [-0.15, -0.1) is 0 Å². The van der Waals surface area contributed by atoms with Crippen LogP contribution in [0.25, 0.3) is 0 Å². The second kappa shape index (κ2) is 6.36. The summed E-state index contributed by atoms with van der Waals surface area (Å²) in [7, 11) is -3.72. The molecule has 2 rings (SSSR count). The number of sulfonamides is 1. The molecular weight excluding hydrogens is 376 g/mol. The van der Waals surface area contributed by atoms with Crippen molar-refractivity contribution >= 4 is 43.2 Å². The molecule has 0 saturated carbocycles. The molecule has 2 aromatic carbocycles. The fraction of sp³-hybridized carbons (Fsp3) is 0.143. The van der Waals surface area contributed by atoms with Crippen molar-refractivity contribution in [3.63, 3.8) is 0 Å². The second-order valence-corrected chi connectivity index (χ2v) is 7.42. The van der Waals surface area contributed by atoms with Gasteiger partial charge in [0.25, 0.3) is 0 Å². The van der Waals surface area contributed by atoms with Crippen LogP contribution in [-0.4, -0.2) is 8.42 Å². The zero-order chi connectivity index (χ0) is 15.6. The van der Waals surface area contributed by atoms with E-state index >= 15 is 0 Å². The van der Waals surface area contributed by atoms with Gasteiger partial charge in [0, 0.05) is 21.7 Å². The summed E-state index contributed by atoms with van der Waals surface area (Å²) >= 11 is 9.50. The molecule has 0 aliphatic heterocycles. The van der Waals surface area contributed by atoms with Gasteiger partial charge in [0.2, 0.25) is 10.0 Å². The lowest BCUT2D eigenvalue weighted by atomic mass is 10.1. The highest BCUT2D eigenvalue weighted by Gasteiger charge is 2.13. The van der Waals surface area contributed by atoms with E-state index in [4.69, 9.17) is 16.7 Å². The normalized spacial score (nSPS) is 11.4. The molecule has 7 heteroatoms. The minimum atomic E-state index is -3.72. The first-order valence-electron chi connectivity index (χ1n) is 6.09. The molecule has 0 bridgehead atoms. The monoisotopic (exact) mass is 388 g/mol. The van der Waals surface area contributed by atoms with E-state index in [0.717, 1.165) is 10.0 Å². The van der Waals surface area contributed by atoms with Crippen LogP contribution in [0.5, 0.6) is 0 Å². The van der Waals surface area contributed by atoms with E-state index in [2.05, 4.69) is 21.2 Å². The molecule has 0 fully saturated rings. The molecule has 112 valence electrons. The number of primary sulfonamides is 1. The first kappa shape index (κ1) is 16.3. The highest BCUT2D eigenvalue weighted by Crippen LogP contribution is 2.25. The maximum Gasteiger partial charge on any atom is 0.238 e. The van der Waals surface area contributed by atoms with E-state index < -0.39 is 10.0 Å². The Kier molecular flexibility index (Phi) is 4.93. The predicted molar refractivity (Wildman–Crippen MR) is 89.0 cm³/mol. The smallest absolute Gasteiger partial charge is 0.238 e. The van der Waals surface area contributed by atoms with Gasteiger partial charge in [-0.05, 0) is 42.3 Å². The highest BCUT2D eigenvalue weighted by molar-refractivity contribution is 9.10. The maximum absolute atomic E-state index is 11.5. The van der Waals surface area contributed by atoms with Gasteiger partial charge in [-0.25, -0.2) is 13.6 Å². The Hall–Kier alpha value is -1.08. The molecule has 21 heavy (non-hydrogen) atoms. The van der Waals surface area contributed by atoms with E-state index in [1.807, 2.05) is 18.2 Å². The molecule has 0 atom stereocenters. The van der Waals surface area contributed by atoms with Crippen molar-refractivity contribution in [2.75, 3.05) is 5.32 Å². The predicted octanol–water partition coefficient (Wildman–Crippen LogP) is 3.67. The van der Waals surface area contributed by atoms with Crippen molar-refractivity contribution in [1.29, 1.82) is 0 Å². The second-order valence-electron chi connectivity index (χ2n) is 4.56. The van der Waals surface area contributed by atoms with Crippen molar-refractivity contribution in [3.8, 4) is 0 Å². The van der Waals surface area contributed by atoms with Crippen LogP contribution >= 0.6 is 27.5 Å². The minimum absolute atomic E-state index is 0.120. The molecule has 2 aromatic rings. The number of anilines is 1. The summed E-state index contributed by atoms with van der Waals surface area (Å²) in [4.78, 5) is 0.120. The fourth-order valence-electron chi connectivity index (χ4n) is 1.97. The average Bonchev–Trinajstić information content (AvgIpc) is 2.38. The van der Waals surface area contributed by atoms with Crippen molar-refractivity contribution in [3.05, 3.63) is 57.0 Å². The van der Waals surface area contributed by atoms with Gasteiger partial charge in [-0.1, -0.05) is 39.7 Å². The molecular formula is C14H14BrClN2O2S. The van der Waals surface area contributed by atoms with Gasteiger partial charge in [0.15, 0.2) is 0 Å². The van der Waals surface area contributed by atoms with Crippen LogP contribution in [0.3, 0.4) is 0 Å². The van der Waals surface area contributed by atoms with Crippen LogP contribution < -0.4 is 10.5 Å². The van der Waals surface area contributed by atoms with Crippen LogP contribution in [0.1, 0.15) is 11.1 Å². The van der Waals surface area contributed by atoms with Gasteiger partial charge in [-0.3, -0.25) is 0 Å². The van der Waals surface area contributed by atoms with E-state index in [1.54, 1.807) is 19.1 Å². The Morgan fingerprint density at radius 3 is 2.62 bits per heavy atom.